The molecule has 2 aromatic carbocycles. The van der Waals surface area contributed by atoms with Crippen LogP contribution in [0.4, 0.5) is 5.69 Å². The zero-order chi connectivity index (χ0) is 18.8. The van der Waals surface area contributed by atoms with Crippen LogP contribution in [0.2, 0.25) is 0 Å². The highest BCUT2D eigenvalue weighted by Crippen LogP contribution is 2.28. The fourth-order valence-corrected chi connectivity index (χ4v) is 2.52. The highest BCUT2D eigenvalue weighted by Gasteiger charge is 2.35. The van der Waals surface area contributed by atoms with Crippen molar-refractivity contribution in [3.63, 3.8) is 0 Å². The Morgan fingerprint density at radius 1 is 1.12 bits per heavy atom. The Balaban J connectivity index is 1.74. The van der Waals surface area contributed by atoms with Crippen LogP contribution < -0.4 is 4.74 Å². The molecule has 1 heterocycles. The molecular weight excluding hydrogens is 344 g/mol. The molecule has 0 N–H and O–H groups in total. The molecular formula is C17H12N2O7. The molecule has 0 saturated carbocycles. The summed E-state index contributed by atoms with van der Waals surface area (Å²) in [5, 5.41) is 11.0. The first-order valence-corrected chi connectivity index (χ1v) is 7.39. The Hall–Kier alpha value is -3.75. The number of carbonyl (C=O) groups excluding carboxylic acids is 3. The van der Waals surface area contributed by atoms with Crippen LogP contribution in [0.3, 0.4) is 0 Å². The van der Waals surface area contributed by atoms with E-state index < -0.39 is 35.1 Å². The Morgan fingerprint density at radius 2 is 1.73 bits per heavy atom. The average molecular weight is 356 g/mol. The molecule has 0 spiro atoms. The molecule has 132 valence electrons. The molecule has 0 aromatic heterocycles. The predicted octanol–water partition coefficient (Wildman–Crippen LogP) is 2.01. The van der Waals surface area contributed by atoms with Gasteiger partial charge in [-0.25, -0.2) is 9.69 Å². The standard InChI is InChI=1S/C17H12N2O7/c1-25-14-7-6-10(8-13(14)19(23)24)17(22)26-9-18-15(20)11-4-2-3-5-12(11)16(18)21/h2-8H,9H2,1H3. The quantitative estimate of drug-likeness (QED) is 0.348. The molecule has 0 radical (unpaired) electrons. The first-order chi connectivity index (χ1) is 12.4. The summed E-state index contributed by atoms with van der Waals surface area (Å²) >= 11 is 0. The summed E-state index contributed by atoms with van der Waals surface area (Å²) in [6, 6.07) is 9.80. The van der Waals surface area contributed by atoms with Gasteiger partial charge in [0.2, 0.25) is 0 Å². The lowest BCUT2D eigenvalue weighted by Gasteiger charge is -2.14. The van der Waals surface area contributed by atoms with E-state index in [0.717, 1.165) is 11.0 Å². The van der Waals surface area contributed by atoms with E-state index in [1.54, 1.807) is 12.1 Å². The maximum atomic E-state index is 12.2. The normalized spacial score (nSPS) is 12.7. The molecule has 0 fully saturated rings. The lowest BCUT2D eigenvalue weighted by atomic mass is 10.1. The number of rotatable bonds is 5. The fraction of sp³-hybridized carbons (Fsp3) is 0.118. The average Bonchev–Trinajstić information content (AvgIpc) is 2.90. The second kappa shape index (κ2) is 6.63. The van der Waals surface area contributed by atoms with Crippen molar-refractivity contribution in [2.75, 3.05) is 13.8 Å². The predicted molar refractivity (Wildman–Crippen MR) is 86.9 cm³/mol. The molecule has 0 unspecified atom stereocenters. The minimum absolute atomic E-state index is 0.00750. The summed E-state index contributed by atoms with van der Waals surface area (Å²) in [4.78, 5) is 47.6. The van der Waals surface area contributed by atoms with Crippen molar-refractivity contribution in [3.8, 4) is 5.75 Å². The number of benzene rings is 2. The highest BCUT2D eigenvalue weighted by atomic mass is 16.6. The zero-order valence-corrected chi connectivity index (χ0v) is 13.5. The number of amides is 2. The van der Waals surface area contributed by atoms with Gasteiger partial charge in [0, 0.05) is 6.07 Å². The van der Waals surface area contributed by atoms with Gasteiger partial charge in [-0.05, 0) is 24.3 Å². The number of fused-ring (bicyclic) bond motifs is 1. The molecule has 0 atom stereocenters. The molecule has 9 heteroatoms. The van der Waals surface area contributed by atoms with Crippen molar-refractivity contribution < 1.29 is 28.8 Å². The van der Waals surface area contributed by atoms with Crippen LogP contribution in [0.25, 0.3) is 0 Å². The van der Waals surface area contributed by atoms with E-state index >= 15 is 0 Å². The Bertz CT molecular complexity index is 903. The SMILES string of the molecule is COc1ccc(C(=O)OCN2C(=O)c3ccccc3C2=O)cc1[N+](=O)[O-]. The van der Waals surface area contributed by atoms with E-state index in [1.165, 1.54) is 31.4 Å². The number of carbonyl (C=O) groups is 3. The first-order valence-electron chi connectivity index (χ1n) is 7.39. The van der Waals surface area contributed by atoms with Gasteiger partial charge in [0.25, 0.3) is 11.8 Å². The van der Waals surface area contributed by atoms with E-state index in [4.69, 9.17) is 9.47 Å². The molecule has 1 aliphatic rings. The molecule has 0 saturated heterocycles. The van der Waals surface area contributed by atoms with Crippen molar-refractivity contribution in [1.29, 1.82) is 0 Å². The second-order valence-electron chi connectivity index (χ2n) is 5.29. The Labute approximate surface area is 146 Å². The number of hydrogen-bond acceptors (Lipinski definition) is 7. The largest absolute Gasteiger partial charge is 0.490 e. The van der Waals surface area contributed by atoms with E-state index in [0.29, 0.717) is 0 Å². The summed E-state index contributed by atoms with van der Waals surface area (Å²) in [7, 11) is 1.27. The molecule has 2 amide bonds. The molecule has 1 aliphatic heterocycles. The number of hydrogen-bond donors (Lipinski definition) is 0. The summed E-state index contributed by atoms with van der Waals surface area (Å²) in [6.07, 6.45) is 0. The number of nitro benzene ring substituents is 1. The smallest absolute Gasteiger partial charge is 0.340 e. The number of methoxy groups -OCH3 is 1. The highest BCUT2D eigenvalue weighted by molar-refractivity contribution is 6.21. The Kier molecular flexibility index (Phi) is 4.36. The van der Waals surface area contributed by atoms with E-state index in [9.17, 15) is 24.5 Å². The van der Waals surface area contributed by atoms with Crippen LogP contribution in [0.15, 0.2) is 42.5 Å². The van der Waals surface area contributed by atoms with Gasteiger partial charge in [-0.2, -0.15) is 0 Å². The van der Waals surface area contributed by atoms with Crippen LogP contribution in [0, 0.1) is 10.1 Å². The maximum absolute atomic E-state index is 12.2. The Morgan fingerprint density at radius 3 is 2.27 bits per heavy atom. The van der Waals surface area contributed by atoms with E-state index in [1.807, 2.05) is 0 Å². The van der Waals surface area contributed by atoms with Gasteiger partial charge in [0.15, 0.2) is 12.5 Å². The number of ether oxygens (including phenoxy) is 2. The van der Waals surface area contributed by atoms with Crippen LogP contribution in [0.5, 0.6) is 5.75 Å². The van der Waals surface area contributed by atoms with Gasteiger partial charge in [-0.1, -0.05) is 12.1 Å². The van der Waals surface area contributed by atoms with Crippen molar-refractivity contribution in [3.05, 3.63) is 69.3 Å². The lowest BCUT2D eigenvalue weighted by molar-refractivity contribution is -0.385. The summed E-state index contributed by atoms with van der Waals surface area (Å²) in [5.74, 6) is -2.06. The molecule has 0 bridgehead atoms. The van der Waals surface area contributed by atoms with Gasteiger partial charge >= 0.3 is 11.7 Å². The number of nitrogens with zero attached hydrogens (tertiary/aromatic N) is 2. The van der Waals surface area contributed by atoms with Crippen molar-refractivity contribution >= 4 is 23.5 Å². The van der Waals surface area contributed by atoms with Crippen LogP contribution >= 0.6 is 0 Å². The van der Waals surface area contributed by atoms with Gasteiger partial charge in [0.05, 0.1) is 28.7 Å². The lowest BCUT2D eigenvalue weighted by Crippen LogP contribution is -2.33. The summed E-state index contributed by atoms with van der Waals surface area (Å²) in [6.45, 7) is -0.592. The topological polar surface area (TPSA) is 116 Å². The molecule has 26 heavy (non-hydrogen) atoms. The van der Waals surface area contributed by atoms with Gasteiger partial charge in [0.1, 0.15) is 0 Å². The van der Waals surface area contributed by atoms with E-state index in [2.05, 4.69) is 0 Å². The third-order valence-electron chi connectivity index (χ3n) is 3.81. The van der Waals surface area contributed by atoms with Crippen LogP contribution in [-0.4, -0.2) is 41.4 Å². The third kappa shape index (κ3) is 2.86. The minimum atomic E-state index is -0.910. The monoisotopic (exact) mass is 356 g/mol. The molecule has 9 nitrogen and oxygen atoms in total. The second-order valence-corrected chi connectivity index (χ2v) is 5.29. The van der Waals surface area contributed by atoms with Crippen LogP contribution in [0.1, 0.15) is 31.1 Å². The van der Waals surface area contributed by atoms with Crippen molar-refractivity contribution in [2.24, 2.45) is 0 Å². The summed E-state index contributed by atoms with van der Waals surface area (Å²) in [5.41, 5.74) is -0.0425. The van der Waals surface area contributed by atoms with Crippen LogP contribution in [-0.2, 0) is 4.74 Å². The number of esters is 1. The maximum Gasteiger partial charge on any atom is 0.340 e. The zero-order valence-electron chi connectivity index (χ0n) is 13.5. The molecule has 3 rings (SSSR count). The summed E-state index contributed by atoms with van der Waals surface area (Å²) < 4.78 is 9.83. The van der Waals surface area contributed by atoms with Gasteiger partial charge < -0.3 is 9.47 Å². The van der Waals surface area contributed by atoms with Crippen molar-refractivity contribution in [2.45, 2.75) is 0 Å². The van der Waals surface area contributed by atoms with Gasteiger partial charge in [-0.3, -0.25) is 19.7 Å². The van der Waals surface area contributed by atoms with Crippen molar-refractivity contribution in [1.82, 2.24) is 4.90 Å². The fourth-order valence-electron chi connectivity index (χ4n) is 2.52. The van der Waals surface area contributed by atoms with Gasteiger partial charge in [-0.15, -0.1) is 0 Å². The first kappa shape index (κ1) is 17.1. The third-order valence-corrected chi connectivity index (χ3v) is 3.81. The molecule has 0 aliphatic carbocycles. The number of nitro groups is 1. The minimum Gasteiger partial charge on any atom is -0.490 e. The molecule has 2 aromatic rings. The van der Waals surface area contributed by atoms with E-state index in [-0.39, 0.29) is 22.4 Å². The number of imide groups is 1.